The van der Waals surface area contributed by atoms with Crippen LogP contribution >= 0.6 is 0 Å². The van der Waals surface area contributed by atoms with E-state index in [2.05, 4.69) is 16.0 Å². The van der Waals surface area contributed by atoms with Crippen molar-refractivity contribution in [2.45, 2.75) is 94.3 Å². The molecule has 0 aromatic heterocycles. The van der Waals surface area contributed by atoms with Gasteiger partial charge in [0.25, 0.3) is 5.91 Å². The number of aryl methyl sites for hydroxylation is 1. The second-order valence-electron chi connectivity index (χ2n) is 15.9. The normalized spacial score (nSPS) is 28.8. The molecule has 2 fully saturated rings. The minimum atomic E-state index is -1.92. The van der Waals surface area contributed by atoms with Crippen molar-refractivity contribution in [2.75, 3.05) is 27.3 Å². The molecule has 0 saturated carbocycles. The highest BCUT2D eigenvalue weighted by molar-refractivity contribution is 6.31. The molecule has 12 N–H and O–H groups in total. The number of aliphatic carboxylic acids is 1. The van der Waals surface area contributed by atoms with Crippen LogP contribution in [0.1, 0.15) is 84.9 Å². The molecule has 9 unspecified atom stereocenters. The fraction of sp³-hybridized carbons (Fsp3) is 0.452. The van der Waals surface area contributed by atoms with Crippen LogP contribution in [0.2, 0.25) is 0 Å². The summed E-state index contributed by atoms with van der Waals surface area (Å²) >= 11 is 0. The number of phenols is 3. The standard InChI is InChI=1S/C42H47N3O19/c1-12-6-19-26(33(54)23(12)40(59)45-13(2)39(58)44-10-22(48)49)25-17(9-18-27(34(25)55)30(51)16-7-15(60-5)8-20(46)24(16)29(18)50)31(52)37(19)63-42-36(57)38(28(43-4)14(3)62-42)64-41-35(56)32(53)21(47)11-61-41/h6-9,13-14,21,28,31-32,35-38,41-43,46-47,52-57H,10-11H2,1-5H3,(H,44,58)(H,45,59)(H,48,49)/t13-,14?,21?,28?,31+,32?,35?,36?,37+,38?,41?,42?/m1/s1. The van der Waals surface area contributed by atoms with Gasteiger partial charge in [-0.25, -0.2) is 0 Å². The number of carboxylic acid groups (broad SMARTS) is 1. The van der Waals surface area contributed by atoms with E-state index in [0.717, 1.165) is 12.1 Å². The number of fused-ring (bicyclic) bond motifs is 5. The van der Waals surface area contributed by atoms with Gasteiger partial charge in [0.2, 0.25) is 5.91 Å². The molecule has 2 amide bonds. The molecule has 7 rings (SSSR count). The Morgan fingerprint density at radius 2 is 1.50 bits per heavy atom. The van der Waals surface area contributed by atoms with Crippen LogP contribution in [0.5, 0.6) is 23.0 Å². The maximum atomic E-state index is 14.2. The molecule has 344 valence electrons. The number of likely N-dealkylation sites (N-methyl/N-ethyl adjacent to an activating group) is 1. The maximum Gasteiger partial charge on any atom is 0.322 e. The molecule has 0 bridgehead atoms. The van der Waals surface area contributed by atoms with Crippen molar-refractivity contribution in [3.8, 4) is 34.1 Å². The van der Waals surface area contributed by atoms with Crippen LogP contribution in [0.25, 0.3) is 11.1 Å². The maximum absolute atomic E-state index is 14.2. The number of hydrogen-bond donors (Lipinski definition) is 12. The first kappa shape index (κ1) is 46.2. The van der Waals surface area contributed by atoms with Crippen molar-refractivity contribution >= 4 is 29.4 Å². The number of nitrogens with one attached hydrogen (secondary N) is 3. The van der Waals surface area contributed by atoms with Crippen LogP contribution in [0, 0.1) is 6.92 Å². The molecule has 2 aliphatic heterocycles. The molecule has 3 aromatic carbocycles. The summed E-state index contributed by atoms with van der Waals surface area (Å²) in [6.07, 6.45) is -15.7. The quantitative estimate of drug-likeness (QED) is 0.0815. The first-order valence-corrected chi connectivity index (χ1v) is 19.9. The lowest BCUT2D eigenvalue weighted by Crippen LogP contribution is -2.65. The third kappa shape index (κ3) is 7.80. The Hall–Kier alpha value is -5.79. The van der Waals surface area contributed by atoms with E-state index >= 15 is 0 Å². The van der Waals surface area contributed by atoms with Gasteiger partial charge in [-0.15, -0.1) is 0 Å². The number of ketones is 2. The number of carbonyl (C=O) groups excluding carboxylic acids is 4. The van der Waals surface area contributed by atoms with Crippen LogP contribution in [-0.4, -0.2) is 164 Å². The zero-order valence-corrected chi connectivity index (χ0v) is 34.8. The second-order valence-corrected chi connectivity index (χ2v) is 15.9. The van der Waals surface area contributed by atoms with Crippen LogP contribution in [0.4, 0.5) is 0 Å². The molecule has 12 atom stereocenters. The Bertz CT molecular complexity index is 2420. The zero-order chi connectivity index (χ0) is 46.8. The SMILES string of the molecule is CNC1C(C)OC(O[C@H]2c3cc(C)c(C(=O)N[C@H](C)C(=O)NCC(=O)O)c(O)c3-c3c(cc4c(c3O)C(=O)c3cc(OC)cc(O)c3C4=O)[C@@H]2O)C(O)C1OC1OCC(O)C(O)C1O. The van der Waals surface area contributed by atoms with Gasteiger partial charge in [-0.3, -0.25) is 24.0 Å². The summed E-state index contributed by atoms with van der Waals surface area (Å²) in [5.41, 5.74) is -3.55. The monoisotopic (exact) mass is 897 g/mol. The van der Waals surface area contributed by atoms with Gasteiger partial charge in [0.05, 0.1) is 42.6 Å². The first-order valence-electron chi connectivity index (χ1n) is 19.9. The van der Waals surface area contributed by atoms with Crippen molar-refractivity contribution < 1.29 is 93.6 Å². The number of aliphatic hydroxyl groups is 5. The van der Waals surface area contributed by atoms with E-state index in [1.54, 1.807) is 6.92 Å². The van der Waals surface area contributed by atoms with Gasteiger partial charge in [-0.1, -0.05) is 6.07 Å². The largest absolute Gasteiger partial charge is 0.507 e. The average molecular weight is 898 g/mol. The number of hydrogen-bond acceptors (Lipinski definition) is 19. The smallest absolute Gasteiger partial charge is 0.322 e. The number of phenolic OH excluding ortho intramolecular Hbond substituents is 3. The van der Waals surface area contributed by atoms with Gasteiger partial charge in [-0.2, -0.15) is 0 Å². The Kier molecular flexibility index (Phi) is 12.7. The molecule has 22 heteroatoms. The Morgan fingerprint density at radius 3 is 2.16 bits per heavy atom. The van der Waals surface area contributed by atoms with Crippen molar-refractivity contribution in [2.24, 2.45) is 0 Å². The number of rotatable bonds is 11. The Morgan fingerprint density at radius 1 is 0.844 bits per heavy atom. The minimum Gasteiger partial charge on any atom is -0.507 e. The van der Waals surface area contributed by atoms with E-state index in [1.165, 1.54) is 40.1 Å². The summed E-state index contributed by atoms with van der Waals surface area (Å²) in [6.45, 7) is 3.03. The number of ether oxygens (including phenoxy) is 5. The lowest BCUT2D eigenvalue weighted by atomic mass is 9.74. The second kappa shape index (κ2) is 17.6. The molecule has 0 spiro atoms. The highest BCUT2D eigenvalue weighted by Gasteiger charge is 2.51. The van der Waals surface area contributed by atoms with Crippen LogP contribution in [0.15, 0.2) is 24.3 Å². The van der Waals surface area contributed by atoms with Crippen molar-refractivity contribution in [3.63, 3.8) is 0 Å². The average Bonchev–Trinajstić information content (AvgIpc) is 3.24. The number of benzene rings is 3. The molecule has 22 nitrogen and oxygen atoms in total. The third-order valence-corrected chi connectivity index (χ3v) is 11.9. The highest BCUT2D eigenvalue weighted by Crippen LogP contribution is 2.57. The topological polar surface area (TPSA) is 350 Å². The predicted molar refractivity (Wildman–Crippen MR) is 214 cm³/mol. The van der Waals surface area contributed by atoms with E-state index in [1.807, 2.05) is 0 Å². The molecule has 3 aromatic rings. The number of carboxylic acids is 1. The summed E-state index contributed by atoms with van der Waals surface area (Å²) in [4.78, 5) is 65.7. The minimum absolute atomic E-state index is 0.00246. The van der Waals surface area contributed by atoms with E-state index < -0.39 is 167 Å². The predicted octanol–water partition coefficient (Wildman–Crippen LogP) is -1.50. The van der Waals surface area contributed by atoms with E-state index in [-0.39, 0.29) is 28.0 Å². The molecule has 0 radical (unpaired) electrons. The molecular weight excluding hydrogens is 850 g/mol. The number of aliphatic hydroxyl groups excluding tert-OH is 5. The van der Waals surface area contributed by atoms with Crippen molar-refractivity contribution in [3.05, 3.63) is 68.8 Å². The van der Waals surface area contributed by atoms with E-state index in [4.69, 9.17) is 28.8 Å². The van der Waals surface area contributed by atoms with Gasteiger partial charge in [0.15, 0.2) is 24.1 Å². The van der Waals surface area contributed by atoms with Gasteiger partial charge in [-0.05, 0) is 56.6 Å². The van der Waals surface area contributed by atoms with Crippen LogP contribution in [0.3, 0.4) is 0 Å². The molecule has 2 aliphatic carbocycles. The molecule has 2 heterocycles. The van der Waals surface area contributed by atoms with Gasteiger partial charge < -0.3 is 85.6 Å². The van der Waals surface area contributed by atoms with Crippen molar-refractivity contribution in [1.29, 1.82) is 0 Å². The number of aromatic hydroxyl groups is 3. The zero-order valence-electron chi connectivity index (χ0n) is 34.8. The summed E-state index contributed by atoms with van der Waals surface area (Å²) in [5, 5.41) is 107. The van der Waals surface area contributed by atoms with E-state index in [9.17, 15) is 64.8 Å². The van der Waals surface area contributed by atoms with Crippen LogP contribution in [-0.2, 0) is 28.5 Å². The first-order chi connectivity index (χ1) is 30.2. The van der Waals surface area contributed by atoms with Gasteiger partial charge in [0.1, 0.15) is 78.3 Å². The molecule has 4 aliphatic rings. The van der Waals surface area contributed by atoms with Gasteiger partial charge >= 0.3 is 5.97 Å². The molecule has 2 saturated heterocycles. The lowest BCUT2D eigenvalue weighted by molar-refractivity contribution is -0.339. The van der Waals surface area contributed by atoms with Crippen LogP contribution < -0.4 is 20.7 Å². The van der Waals surface area contributed by atoms with Gasteiger partial charge in [0, 0.05) is 28.3 Å². The number of methoxy groups -OCH3 is 1. The number of carbonyl (C=O) groups is 5. The lowest BCUT2D eigenvalue weighted by Gasteiger charge is -2.47. The fourth-order valence-electron chi connectivity index (χ4n) is 8.62. The number of amides is 2. The Labute approximate surface area is 362 Å². The summed E-state index contributed by atoms with van der Waals surface area (Å²) < 4.78 is 29.0. The highest BCUT2D eigenvalue weighted by atomic mass is 16.7. The molecular formula is C42H47N3O19. The Balaban J connectivity index is 1.35. The molecule has 64 heavy (non-hydrogen) atoms. The summed E-state index contributed by atoms with van der Waals surface area (Å²) in [6, 6.07) is 2.46. The summed E-state index contributed by atoms with van der Waals surface area (Å²) in [7, 11) is 2.79. The van der Waals surface area contributed by atoms with E-state index in [0.29, 0.717) is 0 Å². The fourth-order valence-corrected chi connectivity index (χ4v) is 8.62. The summed E-state index contributed by atoms with van der Waals surface area (Å²) in [5.74, 6) is -7.58. The third-order valence-electron chi connectivity index (χ3n) is 11.9. The van der Waals surface area contributed by atoms with Crippen molar-refractivity contribution in [1.82, 2.24) is 16.0 Å².